The topological polar surface area (TPSA) is 33.6 Å². The summed E-state index contributed by atoms with van der Waals surface area (Å²) in [6, 6.07) is 50.9. The van der Waals surface area contributed by atoms with Gasteiger partial charge in [-0.05, 0) is 100.0 Å². The van der Waals surface area contributed by atoms with Crippen LogP contribution >= 0.6 is 0 Å². The number of hydrogen-bond acceptors (Lipinski definition) is 1. The molecule has 2 aliphatic carbocycles. The lowest BCUT2D eigenvalue weighted by Gasteiger charge is -2.31. The molecule has 238 valence electrons. The highest BCUT2D eigenvalue weighted by atomic mass is 15.0. The number of nitrogens with zero attached hydrogens (tertiary/aromatic N) is 3. The summed E-state index contributed by atoms with van der Waals surface area (Å²) < 4.78 is 4.94. The van der Waals surface area contributed by atoms with Crippen LogP contribution in [0.25, 0.3) is 66.0 Å². The second kappa shape index (κ2) is 10.4. The number of para-hydroxylation sites is 3. The van der Waals surface area contributed by atoms with Gasteiger partial charge in [-0.25, -0.2) is 0 Å². The van der Waals surface area contributed by atoms with Crippen LogP contribution < -0.4 is 0 Å². The standard InChI is InChI=1S/C47H35N3/c1-29-23-37-34-20-17-30(28-48)24-40(34)47(2,3)41(37)27-46(29)50-43-16-10-8-14-36(43)39-26-32(19-22-45(39)50)31-18-21-44-38(25-31)35-13-7-9-15-42(35)49(44)33-11-5-4-6-12-33/h4-27,29,46H,1-3H3. The molecular weight excluding hydrogens is 607 g/mol. The first-order chi connectivity index (χ1) is 24.4. The van der Waals surface area contributed by atoms with E-state index in [-0.39, 0.29) is 17.4 Å². The summed E-state index contributed by atoms with van der Waals surface area (Å²) in [4.78, 5) is 0. The van der Waals surface area contributed by atoms with Crippen LogP contribution in [0.5, 0.6) is 0 Å². The fourth-order valence-electron chi connectivity index (χ4n) is 8.98. The molecule has 0 radical (unpaired) electrons. The third-order valence-electron chi connectivity index (χ3n) is 11.4. The van der Waals surface area contributed by atoms with Crippen molar-refractivity contribution >= 4 is 49.2 Å². The summed E-state index contributed by atoms with van der Waals surface area (Å²) >= 11 is 0. The molecule has 0 amide bonds. The van der Waals surface area contributed by atoms with E-state index in [4.69, 9.17) is 0 Å². The number of benzene rings is 6. The van der Waals surface area contributed by atoms with E-state index in [0.29, 0.717) is 0 Å². The Labute approximate surface area is 291 Å². The predicted octanol–water partition coefficient (Wildman–Crippen LogP) is 11.9. The molecule has 2 unspecified atom stereocenters. The van der Waals surface area contributed by atoms with Gasteiger partial charge in [0.15, 0.2) is 0 Å². The molecular formula is C47H35N3. The second-order valence-electron chi connectivity index (χ2n) is 14.5. The quantitative estimate of drug-likeness (QED) is 0.189. The minimum Gasteiger partial charge on any atom is -0.333 e. The molecule has 0 fully saturated rings. The van der Waals surface area contributed by atoms with Crippen LogP contribution in [0, 0.1) is 17.2 Å². The van der Waals surface area contributed by atoms with Crippen LogP contribution in [0.15, 0.2) is 151 Å². The molecule has 3 nitrogen and oxygen atoms in total. The highest BCUT2D eigenvalue weighted by Gasteiger charge is 2.41. The van der Waals surface area contributed by atoms with E-state index in [2.05, 4.69) is 176 Å². The van der Waals surface area contributed by atoms with Crippen molar-refractivity contribution in [3.8, 4) is 22.9 Å². The van der Waals surface area contributed by atoms with E-state index in [0.717, 1.165) is 5.56 Å². The first-order valence-electron chi connectivity index (χ1n) is 17.5. The smallest absolute Gasteiger partial charge is 0.0991 e. The molecule has 0 aliphatic heterocycles. The average Bonchev–Trinajstić information content (AvgIpc) is 3.74. The van der Waals surface area contributed by atoms with Crippen LogP contribution in [0.4, 0.5) is 0 Å². The van der Waals surface area contributed by atoms with Crippen LogP contribution in [-0.2, 0) is 5.41 Å². The molecule has 2 atom stereocenters. The Balaban J connectivity index is 1.13. The summed E-state index contributed by atoms with van der Waals surface area (Å²) in [5, 5.41) is 14.7. The van der Waals surface area contributed by atoms with Gasteiger partial charge in [-0.15, -0.1) is 0 Å². The van der Waals surface area contributed by atoms with E-state index < -0.39 is 0 Å². The summed E-state index contributed by atoms with van der Waals surface area (Å²) in [6.07, 6.45) is 4.98. The van der Waals surface area contributed by atoms with Crippen molar-refractivity contribution in [3.05, 3.63) is 168 Å². The van der Waals surface area contributed by atoms with Gasteiger partial charge in [0, 0.05) is 43.7 Å². The lowest BCUT2D eigenvalue weighted by Crippen LogP contribution is -2.22. The number of fused-ring (bicyclic) bond motifs is 9. The number of rotatable bonds is 3. The summed E-state index contributed by atoms with van der Waals surface area (Å²) in [6.45, 7) is 6.95. The lowest BCUT2D eigenvalue weighted by molar-refractivity contribution is 0.500. The van der Waals surface area contributed by atoms with Crippen molar-refractivity contribution in [2.45, 2.75) is 32.2 Å². The van der Waals surface area contributed by atoms with Gasteiger partial charge >= 0.3 is 0 Å². The third kappa shape index (κ3) is 3.97. The van der Waals surface area contributed by atoms with E-state index in [1.54, 1.807) is 0 Å². The maximum atomic E-state index is 9.65. The van der Waals surface area contributed by atoms with Gasteiger partial charge in [-0.2, -0.15) is 5.26 Å². The number of aromatic nitrogens is 2. The molecule has 2 heterocycles. The zero-order chi connectivity index (χ0) is 33.7. The van der Waals surface area contributed by atoms with E-state index in [1.165, 1.54) is 82.7 Å². The maximum absolute atomic E-state index is 9.65. The zero-order valence-corrected chi connectivity index (χ0v) is 28.4. The van der Waals surface area contributed by atoms with Gasteiger partial charge in [-0.3, -0.25) is 0 Å². The normalized spacial score (nSPS) is 17.9. The molecule has 2 aliphatic rings. The van der Waals surface area contributed by atoms with Gasteiger partial charge < -0.3 is 9.13 Å². The monoisotopic (exact) mass is 641 g/mol. The van der Waals surface area contributed by atoms with Gasteiger partial charge in [0.25, 0.3) is 0 Å². The highest BCUT2D eigenvalue weighted by molar-refractivity contribution is 6.12. The Hall–Kier alpha value is -6.11. The van der Waals surface area contributed by atoms with Crippen molar-refractivity contribution < 1.29 is 0 Å². The molecule has 2 aromatic heterocycles. The Morgan fingerprint density at radius 2 is 1.20 bits per heavy atom. The zero-order valence-electron chi connectivity index (χ0n) is 28.4. The minimum atomic E-state index is -0.180. The maximum Gasteiger partial charge on any atom is 0.0991 e. The van der Waals surface area contributed by atoms with Gasteiger partial charge in [0.1, 0.15) is 0 Å². The van der Waals surface area contributed by atoms with Crippen molar-refractivity contribution in [1.29, 1.82) is 5.26 Å². The van der Waals surface area contributed by atoms with Crippen molar-refractivity contribution in [3.63, 3.8) is 0 Å². The Kier molecular flexibility index (Phi) is 6.03. The largest absolute Gasteiger partial charge is 0.333 e. The Morgan fingerprint density at radius 1 is 0.600 bits per heavy atom. The Bertz CT molecular complexity index is 2810. The molecule has 10 rings (SSSR count). The number of allylic oxidation sites excluding steroid dienone is 4. The first kappa shape index (κ1) is 28.9. The van der Waals surface area contributed by atoms with Gasteiger partial charge in [0.2, 0.25) is 0 Å². The molecule has 8 aromatic rings. The van der Waals surface area contributed by atoms with E-state index in [1.807, 2.05) is 6.07 Å². The van der Waals surface area contributed by atoms with E-state index >= 15 is 0 Å². The third-order valence-corrected chi connectivity index (χ3v) is 11.4. The fourth-order valence-corrected chi connectivity index (χ4v) is 8.98. The Morgan fingerprint density at radius 3 is 1.94 bits per heavy atom. The molecule has 0 saturated heterocycles. The minimum absolute atomic E-state index is 0.159. The van der Waals surface area contributed by atoms with Crippen molar-refractivity contribution in [2.24, 2.45) is 5.92 Å². The lowest BCUT2D eigenvalue weighted by atomic mass is 9.77. The van der Waals surface area contributed by atoms with Gasteiger partial charge in [-0.1, -0.05) is 106 Å². The molecule has 0 saturated carbocycles. The van der Waals surface area contributed by atoms with Crippen LogP contribution in [0.2, 0.25) is 0 Å². The van der Waals surface area contributed by atoms with Crippen LogP contribution in [0.3, 0.4) is 0 Å². The first-order valence-corrected chi connectivity index (χ1v) is 17.5. The van der Waals surface area contributed by atoms with Gasteiger partial charge in [0.05, 0.1) is 28.7 Å². The van der Waals surface area contributed by atoms with Crippen molar-refractivity contribution in [2.75, 3.05) is 0 Å². The molecule has 0 bridgehead atoms. The number of nitriles is 1. The summed E-state index contributed by atoms with van der Waals surface area (Å²) in [7, 11) is 0. The molecule has 50 heavy (non-hydrogen) atoms. The fraction of sp³-hybridized carbons (Fsp3) is 0.128. The molecule has 3 heteroatoms. The molecule has 0 N–H and O–H groups in total. The summed E-state index contributed by atoms with van der Waals surface area (Å²) in [5.74, 6) is 0.286. The van der Waals surface area contributed by atoms with Crippen molar-refractivity contribution in [1.82, 2.24) is 9.13 Å². The van der Waals surface area contributed by atoms with Crippen LogP contribution in [-0.4, -0.2) is 9.13 Å². The molecule has 0 spiro atoms. The SMILES string of the molecule is CC1C=C2C(=CC1n1c3ccccc3c3cc(-c4ccc5c(c4)c4ccccc4n5-c4ccccc4)ccc31)C(C)(C)c1cc(C#N)ccc12. The summed E-state index contributed by atoms with van der Waals surface area (Å²) in [5.41, 5.74) is 14.3. The van der Waals surface area contributed by atoms with E-state index in [9.17, 15) is 5.26 Å². The second-order valence-corrected chi connectivity index (χ2v) is 14.5. The van der Waals surface area contributed by atoms with Crippen LogP contribution in [0.1, 0.15) is 43.5 Å². The predicted molar refractivity (Wildman–Crippen MR) is 208 cm³/mol. The highest BCUT2D eigenvalue weighted by Crippen LogP contribution is 2.54. The average molecular weight is 642 g/mol. The molecule has 6 aromatic carbocycles. The number of hydrogen-bond donors (Lipinski definition) is 0.